The lowest BCUT2D eigenvalue weighted by Crippen LogP contribution is -2.33. The van der Waals surface area contributed by atoms with Crippen molar-refractivity contribution in [2.45, 2.75) is 20.4 Å². The normalized spacial score (nSPS) is 15.1. The Labute approximate surface area is 174 Å². The number of aryl methyl sites for hydroxylation is 2. The molecule has 0 saturated heterocycles. The number of para-hydroxylation sites is 1. The highest BCUT2D eigenvalue weighted by Gasteiger charge is 2.34. The minimum absolute atomic E-state index is 0.137. The zero-order chi connectivity index (χ0) is 21.0. The van der Waals surface area contributed by atoms with Crippen molar-refractivity contribution in [2.24, 2.45) is 0 Å². The van der Waals surface area contributed by atoms with E-state index >= 15 is 0 Å². The number of rotatable bonds is 2. The molecule has 1 aliphatic rings. The average Bonchev–Trinajstić information content (AvgIpc) is 3.18. The Kier molecular flexibility index (Phi) is 4.11. The fraction of sp³-hybridized carbons (Fsp3) is 0.136. The summed E-state index contributed by atoms with van der Waals surface area (Å²) in [5.41, 5.74) is 3.12. The van der Waals surface area contributed by atoms with Gasteiger partial charge in [-0.1, -0.05) is 59.4 Å². The first-order valence-corrected chi connectivity index (χ1v) is 10.2. The van der Waals surface area contributed by atoms with Crippen LogP contribution in [0.1, 0.15) is 22.4 Å². The Bertz CT molecular complexity index is 1500. The summed E-state index contributed by atoms with van der Waals surface area (Å²) >= 11 is 1.01. The van der Waals surface area contributed by atoms with E-state index in [1.54, 1.807) is 4.90 Å². The minimum atomic E-state index is -0.480. The number of anilines is 1. The maximum absolute atomic E-state index is 13.4. The van der Waals surface area contributed by atoms with Crippen molar-refractivity contribution >= 4 is 33.5 Å². The van der Waals surface area contributed by atoms with Crippen LogP contribution < -0.4 is 20.6 Å². The molecule has 0 unspecified atom stereocenters. The topological polar surface area (TPSA) is 84.6 Å². The molecular weight excluding hydrogens is 400 g/mol. The van der Waals surface area contributed by atoms with Gasteiger partial charge in [0.05, 0.1) is 17.8 Å². The largest absolute Gasteiger partial charge is 0.303 e. The number of carbonyl (C=O) groups excluding carboxylic acids is 1. The second-order valence-corrected chi connectivity index (χ2v) is 8.18. The fourth-order valence-electron chi connectivity index (χ4n) is 3.57. The number of fused-ring (bicyclic) bond motifs is 2. The molecule has 7 nitrogen and oxygen atoms in total. The number of hydrogen-bond acceptors (Lipinski definition) is 6. The van der Waals surface area contributed by atoms with E-state index in [-0.39, 0.29) is 21.1 Å². The molecule has 0 aliphatic carbocycles. The molecule has 3 heterocycles. The molecular formula is C22H16N4O3S. The van der Waals surface area contributed by atoms with E-state index in [4.69, 9.17) is 0 Å². The van der Waals surface area contributed by atoms with Gasteiger partial charge in [0.1, 0.15) is 10.2 Å². The molecule has 0 atom stereocenters. The Balaban J connectivity index is 1.74. The lowest BCUT2D eigenvalue weighted by Gasteiger charge is -2.17. The van der Waals surface area contributed by atoms with Crippen LogP contribution >= 0.6 is 11.3 Å². The molecule has 0 bridgehead atoms. The molecule has 5 rings (SSSR count). The molecule has 0 radical (unpaired) electrons. The standard InChI is InChI=1S/C22H16N4O3S/c1-12-7-9-14(10-8-12)11-25-16-6-4-3-5-15(16)17(20(25)28)18-21(29)26-22(30-18)23-19(27)13(2)24-26/h3-10H,11H2,1-2H3. The highest BCUT2D eigenvalue weighted by Crippen LogP contribution is 2.36. The summed E-state index contributed by atoms with van der Waals surface area (Å²) in [6.07, 6.45) is 0. The van der Waals surface area contributed by atoms with Gasteiger partial charge < -0.3 is 4.90 Å². The summed E-state index contributed by atoms with van der Waals surface area (Å²) < 4.78 is 1.34. The van der Waals surface area contributed by atoms with Crippen LogP contribution in [0.2, 0.25) is 0 Å². The van der Waals surface area contributed by atoms with E-state index < -0.39 is 11.1 Å². The molecule has 1 aliphatic heterocycles. The number of nitrogens with zero attached hydrogens (tertiary/aromatic N) is 4. The van der Waals surface area contributed by atoms with Crippen molar-refractivity contribution in [3.05, 3.63) is 96.2 Å². The van der Waals surface area contributed by atoms with Crippen molar-refractivity contribution in [3.63, 3.8) is 0 Å². The minimum Gasteiger partial charge on any atom is -0.303 e. The lowest BCUT2D eigenvalue weighted by molar-refractivity contribution is -0.113. The monoisotopic (exact) mass is 416 g/mol. The molecule has 0 fully saturated rings. The lowest BCUT2D eigenvalue weighted by atomic mass is 10.1. The van der Waals surface area contributed by atoms with E-state index in [0.717, 1.165) is 32.7 Å². The maximum atomic E-state index is 13.4. The fourth-order valence-corrected chi connectivity index (χ4v) is 4.56. The summed E-state index contributed by atoms with van der Waals surface area (Å²) in [7, 11) is 0. The molecule has 2 aromatic heterocycles. The van der Waals surface area contributed by atoms with Crippen LogP contribution in [0.3, 0.4) is 0 Å². The van der Waals surface area contributed by atoms with Crippen molar-refractivity contribution < 1.29 is 4.79 Å². The van der Waals surface area contributed by atoms with Crippen LogP contribution in [-0.4, -0.2) is 20.5 Å². The van der Waals surface area contributed by atoms with Crippen molar-refractivity contribution in [2.75, 3.05) is 4.90 Å². The Morgan fingerprint density at radius 2 is 1.70 bits per heavy atom. The number of aromatic nitrogens is 3. The van der Waals surface area contributed by atoms with Crippen LogP contribution in [0.15, 0.2) is 58.1 Å². The van der Waals surface area contributed by atoms with Crippen LogP contribution in [-0.2, 0) is 11.3 Å². The van der Waals surface area contributed by atoms with Crippen LogP contribution in [0.25, 0.3) is 10.5 Å². The number of hydrogen-bond donors (Lipinski definition) is 0. The van der Waals surface area contributed by atoms with Crippen molar-refractivity contribution in [1.82, 2.24) is 14.6 Å². The first kappa shape index (κ1) is 18.4. The first-order valence-electron chi connectivity index (χ1n) is 9.35. The second-order valence-electron chi connectivity index (χ2n) is 7.20. The van der Waals surface area contributed by atoms with Gasteiger partial charge >= 0.3 is 0 Å². The summed E-state index contributed by atoms with van der Waals surface area (Å²) in [5, 5.41) is 4.04. The van der Waals surface area contributed by atoms with Crippen LogP contribution in [0.5, 0.6) is 0 Å². The number of amides is 1. The zero-order valence-corrected chi connectivity index (χ0v) is 17.1. The Hall–Kier alpha value is -3.65. The van der Waals surface area contributed by atoms with Gasteiger partial charge in [0.15, 0.2) is 0 Å². The number of thiazole rings is 1. The molecule has 8 heteroatoms. The third-order valence-electron chi connectivity index (χ3n) is 5.13. The van der Waals surface area contributed by atoms with E-state index in [2.05, 4.69) is 10.1 Å². The SMILES string of the molecule is Cc1ccc(CN2C(=O)C(=c3sc4nc(=O)c(C)nn4c3=O)c3ccccc32)cc1. The number of carbonyl (C=O) groups is 1. The summed E-state index contributed by atoms with van der Waals surface area (Å²) in [6, 6.07) is 15.4. The second kappa shape index (κ2) is 6.70. The highest BCUT2D eigenvalue weighted by molar-refractivity contribution is 7.15. The zero-order valence-electron chi connectivity index (χ0n) is 16.2. The van der Waals surface area contributed by atoms with Crippen LogP contribution in [0, 0.1) is 13.8 Å². The molecule has 0 N–H and O–H groups in total. The molecule has 2 aromatic carbocycles. The molecule has 0 saturated carbocycles. The van der Waals surface area contributed by atoms with Crippen LogP contribution in [0.4, 0.5) is 5.69 Å². The predicted molar refractivity (Wildman–Crippen MR) is 115 cm³/mol. The smallest absolute Gasteiger partial charge is 0.295 e. The highest BCUT2D eigenvalue weighted by atomic mass is 32.1. The van der Waals surface area contributed by atoms with E-state index in [1.165, 1.54) is 6.92 Å². The Morgan fingerprint density at radius 3 is 2.47 bits per heavy atom. The molecule has 30 heavy (non-hydrogen) atoms. The van der Waals surface area contributed by atoms with Gasteiger partial charge in [-0.2, -0.15) is 14.6 Å². The van der Waals surface area contributed by atoms with E-state index in [1.807, 2.05) is 55.5 Å². The summed E-state index contributed by atoms with van der Waals surface area (Å²) in [5.74, 6) is -0.250. The molecule has 1 amide bonds. The summed E-state index contributed by atoms with van der Waals surface area (Å²) in [6.45, 7) is 3.91. The predicted octanol–water partition coefficient (Wildman–Crippen LogP) is 1.59. The van der Waals surface area contributed by atoms with Crippen molar-refractivity contribution in [1.29, 1.82) is 0 Å². The quantitative estimate of drug-likeness (QED) is 0.496. The van der Waals surface area contributed by atoms with Gasteiger partial charge in [-0.3, -0.25) is 14.4 Å². The van der Waals surface area contributed by atoms with Gasteiger partial charge in [-0.05, 0) is 25.5 Å². The van der Waals surface area contributed by atoms with Gasteiger partial charge in [-0.15, -0.1) is 0 Å². The molecule has 0 spiro atoms. The Morgan fingerprint density at radius 1 is 0.967 bits per heavy atom. The average molecular weight is 416 g/mol. The van der Waals surface area contributed by atoms with Gasteiger partial charge in [-0.25, -0.2) is 0 Å². The number of benzene rings is 2. The summed E-state index contributed by atoms with van der Waals surface area (Å²) in [4.78, 5) is 44.1. The third-order valence-corrected chi connectivity index (χ3v) is 6.16. The van der Waals surface area contributed by atoms with Gasteiger partial charge in [0.2, 0.25) is 4.96 Å². The van der Waals surface area contributed by atoms with Gasteiger partial charge in [0, 0.05) is 5.56 Å². The molecule has 148 valence electrons. The van der Waals surface area contributed by atoms with E-state index in [0.29, 0.717) is 17.7 Å². The van der Waals surface area contributed by atoms with Gasteiger partial charge in [0.25, 0.3) is 17.0 Å². The maximum Gasteiger partial charge on any atom is 0.295 e. The molecule has 4 aromatic rings. The van der Waals surface area contributed by atoms with E-state index in [9.17, 15) is 14.4 Å². The third kappa shape index (κ3) is 2.76. The first-order chi connectivity index (χ1) is 14.4. The van der Waals surface area contributed by atoms with Crippen molar-refractivity contribution in [3.8, 4) is 0 Å².